The van der Waals surface area contributed by atoms with E-state index < -0.39 is 29.3 Å². The van der Waals surface area contributed by atoms with E-state index in [2.05, 4.69) is 15.2 Å². The zero-order valence-electron chi connectivity index (χ0n) is 11.4. The highest BCUT2D eigenvalue weighted by molar-refractivity contribution is 6.15. The predicted molar refractivity (Wildman–Crippen MR) is 73.3 cm³/mol. The molecule has 3 rings (SSSR count). The number of benzene rings is 1. The van der Waals surface area contributed by atoms with E-state index in [1.165, 1.54) is 31.5 Å². The van der Waals surface area contributed by atoms with Crippen molar-refractivity contribution in [1.82, 2.24) is 15.2 Å². The van der Waals surface area contributed by atoms with Gasteiger partial charge in [-0.05, 0) is 13.0 Å². The molecule has 0 aliphatic carbocycles. The quantitative estimate of drug-likeness (QED) is 0.893. The summed E-state index contributed by atoms with van der Waals surface area (Å²) in [6, 6.07) is 4.63. The van der Waals surface area contributed by atoms with Gasteiger partial charge >= 0.3 is 0 Å². The third-order valence-electron chi connectivity index (χ3n) is 3.42. The van der Waals surface area contributed by atoms with Crippen molar-refractivity contribution in [3.8, 4) is 0 Å². The molecular weight excluding hydrogens is 291 g/mol. The molecule has 1 aromatic heterocycles. The number of nitrogens with zero attached hydrogens (tertiary/aromatic N) is 3. The van der Waals surface area contributed by atoms with Gasteiger partial charge in [0.2, 0.25) is 5.95 Å². The number of halogens is 1. The van der Waals surface area contributed by atoms with E-state index in [1.54, 1.807) is 6.07 Å². The summed E-state index contributed by atoms with van der Waals surface area (Å²) in [7, 11) is 0. The Morgan fingerprint density at radius 3 is 2.73 bits per heavy atom. The maximum absolute atomic E-state index is 14.1. The molecule has 1 amide bonds. The number of amides is 1. The molecule has 0 fully saturated rings. The van der Waals surface area contributed by atoms with Gasteiger partial charge in [-0.3, -0.25) is 14.5 Å². The average molecular weight is 302 g/mol. The van der Waals surface area contributed by atoms with Crippen LogP contribution in [0.15, 0.2) is 41.9 Å². The number of hydrogen-bond acceptors (Lipinski definition) is 5. The Morgan fingerprint density at radius 1 is 1.41 bits per heavy atom. The van der Waals surface area contributed by atoms with Crippen molar-refractivity contribution >= 4 is 17.6 Å². The predicted octanol–water partition coefficient (Wildman–Crippen LogP) is 1.43. The van der Waals surface area contributed by atoms with Crippen LogP contribution in [0.1, 0.15) is 18.5 Å². The first-order valence-corrected chi connectivity index (χ1v) is 6.39. The molecule has 2 heterocycles. The number of nitrogens with one attached hydrogen (secondary N) is 1. The van der Waals surface area contributed by atoms with Crippen molar-refractivity contribution in [1.29, 1.82) is 0 Å². The zero-order chi connectivity index (χ0) is 15.9. The van der Waals surface area contributed by atoms with Gasteiger partial charge in [0.1, 0.15) is 18.2 Å². The Labute approximate surface area is 124 Å². The minimum atomic E-state index is -1.10. The fraction of sp³-hybridized carbons (Fsp3) is 0.143. The first kappa shape index (κ1) is 13.9. The highest BCUT2D eigenvalue weighted by Gasteiger charge is 2.45. The van der Waals surface area contributed by atoms with Crippen molar-refractivity contribution in [3.63, 3.8) is 0 Å². The number of aliphatic hydroxyl groups is 1. The summed E-state index contributed by atoms with van der Waals surface area (Å²) in [6.07, 6.45) is 1.17. The van der Waals surface area contributed by atoms with Gasteiger partial charge in [0, 0.05) is 5.56 Å². The lowest BCUT2D eigenvalue weighted by atomic mass is 9.96. The topological polar surface area (TPSA) is 99.2 Å². The Bertz CT molecular complexity index is 785. The number of Topliss-reactive ketones (excluding diaryl/α,β-unsaturated/α-hetero) is 1. The van der Waals surface area contributed by atoms with Gasteiger partial charge in [0.15, 0.2) is 11.5 Å². The normalized spacial score (nSPS) is 18.2. The summed E-state index contributed by atoms with van der Waals surface area (Å²) in [5.74, 6) is -2.66. The standard InChI is InChI=1S/C14H11FN4O3/c1-7(20)10-11(8-4-2-3-5-9(8)15)19(13(22)12(10)21)14-16-6-17-18-14/h2-6,11,21H,1H3,(H,16,17,18)/t11-/m1/s1. The van der Waals surface area contributed by atoms with E-state index in [0.29, 0.717) is 0 Å². The monoisotopic (exact) mass is 302 g/mol. The molecular formula is C14H11FN4O3. The maximum atomic E-state index is 14.1. The molecule has 1 aliphatic heterocycles. The molecule has 0 saturated carbocycles. The van der Waals surface area contributed by atoms with Gasteiger partial charge in [-0.1, -0.05) is 18.2 Å². The van der Waals surface area contributed by atoms with Crippen molar-refractivity contribution in [3.05, 3.63) is 53.3 Å². The van der Waals surface area contributed by atoms with Crippen LogP contribution < -0.4 is 4.90 Å². The summed E-state index contributed by atoms with van der Waals surface area (Å²) < 4.78 is 14.1. The van der Waals surface area contributed by atoms with Crippen LogP contribution in [0, 0.1) is 5.82 Å². The number of carbonyl (C=O) groups excluding carboxylic acids is 2. The fourth-order valence-electron chi connectivity index (χ4n) is 2.49. The molecule has 8 heteroatoms. The summed E-state index contributed by atoms with van der Waals surface area (Å²) in [6.45, 7) is 1.20. The van der Waals surface area contributed by atoms with Crippen LogP contribution in [-0.2, 0) is 9.59 Å². The van der Waals surface area contributed by atoms with Crippen LogP contribution in [-0.4, -0.2) is 32.0 Å². The van der Waals surface area contributed by atoms with Crippen molar-refractivity contribution in [2.45, 2.75) is 13.0 Å². The third-order valence-corrected chi connectivity index (χ3v) is 3.42. The first-order chi connectivity index (χ1) is 10.5. The SMILES string of the molecule is CC(=O)C1=C(O)C(=O)N(c2ncn[nH]2)[C@@H]1c1ccccc1F. The zero-order valence-corrected chi connectivity index (χ0v) is 11.4. The van der Waals surface area contributed by atoms with Gasteiger partial charge in [0.25, 0.3) is 5.91 Å². The van der Waals surface area contributed by atoms with Crippen molar-refractivity contribution in [2.75, 3.05) is 4.90 Å². The number of hydrogen-bond donors (Lipinski definition) is 2. The van der Waals surface area contributed by atoms with Crippen LogP contribution in [0.5, 0.6) is 0 Å². The minimum Gasteiger partial charge on any atom is -0.503 e. The molecule has 2 aromatic rings. The smallest absolute Gasteiger partial charge is 0.296 e. The Hall–Kier alpha value is -3.03. The second-order valence-electron chi connectivity index (χ2n) is 4.73. The lowest BCUT2D eigenvalue weighted by molar-refractivity contribution is -0.117. The van der Waals surface area contributed by atoms with Crippen LogP contribution in [0.2, 0.25) is 0 Å². The maximum Gasteiger partial charge on any atom is 0.296 e. The van der Waals surface area contributed by atoms with Crippen LogP contribution in [0.25, 0.3) is 0 Å². The molecule has 2 N–H and O–H groups in total. The molecule has 0 spiro atoms. The number of aliphatic hydroxyl groups excluding tert-OH is 1. The lowest BCUT2D eigenvalue weighted by Crippen LogP contribution is -2.32. The number of aromatic nitrogens is 3. The molecule has 1 atom stereocenters. The number of rotatable bonds is 3. The molecule has 0 bridgehead atoms. The van der Waals surface area contributed by atoms with E-state index >= 15 is 0 Å². The second kappa shape index (κ2) is 5.06. The number of ketones is 1. The Morgan fingerprint density at radius 2 is 2.14 bits per heavy atom. The Balaban J connectivity index is 2.22. The van der Waals surface area contributed by atoms with Gasteiger partial charge in [0.05, 0.1) is 5.57 Å². The molecule has 0 unspecified atom stereocenters. The third kappa shape index (κ3) is 1.96. The largest absolute Gasteiger partial charge is 0.503 e. The lowest BCUT2D eigenvalue weighted by Gasteiger charge is -2.24. The number of carbonyl (C=O) groups is 2. The van der Waals surface area contributed by atoms with Crippen molar-refractivity contribution in [2.24, 2.45) is 0 Å². The molecule has 1 aromatic carbocycles. The second-order valence-corrected chi connectivity index (χ2v) is 4.73. The average Bonchev–Trinajstić information content (AvgIpc) is 3.07. The summed E-state index contributed by atoms with van der Waals surface area (Å²) in [5, 5.41) is 16.1. The molecule has 22 heavy (non-hydrogen) atoms. The van der Waals surface area contributed by atoms with Crippen LogP contribution in [0.4, 0.5) is 10.3 Å². The van der Waals surface area contributed by atoms with E-state index in [9.17, 15) is 19.1 Å². The summed E-state index contributed by atoms with van der Waals surface area (Å²) in [5.41, 5.74) is -0.0898. The minimum absolute atomic E-state index is 0.0149. The van der Waals surface area contributed by atoms with Crippen molar-refractivity contribution < 1.29 is 19.1 Å². The molecule has 0 saturated heterocycles. The van der Waals surface area contributed by atoms with Gasteiger partial charge in [-0.25, -0.2) is 9.49 Å². The molecule has 112 valence electrons. The van der Waals surface area contributed by atoms with Crippen LogP contribution in [0.3, 0.4) is 0 Å². The Kier molecular flexibility index (Phi) is 3.21. The molecule has 1 aliphatic rings. The fourth-order valence-corrected chi connectivity index (χ4v) is 2.49. The van der Waals surface area contributed by atoms with E-state index in [4.69, 9.17) is 0 Å². The number of H-pyrrole nitrogens is 1. The van der Waals surface area contributed by atoms with Gasteiger partial charge in [-0.15, -0.1) is 0 Å². The van der Waals surface area contributed by atoms with Crippen LogP contribution >= 0.6 is 0 Å². The first-order valence-electron chi connectivity index (χ1n) is 6.39. The van der Waals surface area contributed by atoms with Gasteiger partial charge in [-0.2, -0.15) is 10.1 Å². The molecule has 7 nitrogen and oxygen atoms in total. The highest BCUT2D eigenvalue weighted by Crippen LogP contribution is 2.40. The highest BCUT2D eigenvalue weighted by atomic mass is 19.1. The van der Waals surface area contributed by atoms with Gasteiger partial charge < -0.3 is 5.11 Å². The van der Waals surface area contributed by atoms with E-state index in [0.717, 1.165) is 4.90 Å². The van der Waals surface area contributed by atoms with E-state index in [1.807, 2.05) is 0 Å². The number of aromatic amines is 1. The molecule has 0 radical (unpaired) electrons. The van der Waals surface area contributed by atoms with E-state index in [-0.39, 0.29) is 17.1 Å². The summed E-state index contributed by atoms with van der Waals surface area (Å²) in [4.78, 5) is 29.0. The summed E-state index contributed by atoms with van der Waals surface area (Å²) >= 11 is 0. The number of anilines is 1.